The van der Waals surface area contributed by atoms with Crippen LogP contribution in [0.1, 0.15) is 106 Å². The van der Waals surface area contributed by atoms with Gasteiger partial charge in [0, 0.05) is 52.5 Å². The Morgan fingerprint density at radius 3 is 1.96 bits per heavy atom. The van der Waals surface area contributed by atoms with Crippen molar-refractivity contribution in [1.82, 2.24) is 14.7 Å². The van der Waals surface area contributed by atoms with Gasteiger partial charge in [-0.3, -0.25) is 24.1 Å². The van der Waals surface area contributed by atoms with Gasteiger partial charge in [-0.15, -0.1) is 0 Å². The molecule has 10 nitrogen and oxygen atoms in total. The van der Waals surface area contributed by atoms with Gasteiger partial charge in [-0.2, -0.15) is 0 Å². The van der Waals surface area contributed by atoms with Crippen LogP contribution in [0, 0.1) is 35.5 Å². The normalized spacial score (nSPS) is 20.2. The average Bonchev–Trinajstić information content (AvgIpc) is 3.59. The fourth-order valence-electron chi connectivity index (χ4n) is 8.40. The van der Waals surface area contributed by atoms with E-state index in [1.165, 1.54) is 0 Å². The third-order valence-electron chi connectivity index (χ3n) is 11.6. The second-order valence-electron chi connectivity index (χ2n) is 16.3. The van der Waals surface area contributed by atoms with Crippen LogP contribution in [0.15, 0.2) is 30.3 Å². The number of ether oxygens (including phenoxy) is 2. The largest absolute Gasteiger partial charge is 0.388 e. The van der Waals surface area contributed by atoms with Crippen LogP contribution in [0.3, 0.4) is 0 Å². The molecule has 1 aromatic rings. The van der Waals surface area contributed by atoms with Crippen LogP contribution < -0.4 is 0 Å². The van der Waals surface area contributed by atoms with E-state index < -0.39 is 36.2 Å². The highest BCUT2D eigenvalue weighted by Gasteiger charge is 2.43. The lowest BCUT2D eigenvalue weighted by molar-refractivity contribution is -0.149. The molecule has 1 unspecified atom stereocenters. The zero-order valence-corrected chi connectivity index (χ0v) is 34.5. The molecule has 1 aromatic carbocycles. The predicted octanol–water partition coefficient (Wildman–Crippen LogP) is 6.05. The number of Topliss-reactive ketones (excluding diaryl/α,β-unsaturated/α-hetero) is 2. The first-order valence-electron chi connectivity index (χ1n) is 19.5. The fraction of sp³-hybridized carbons (Fsp3) is 0.762. The first-order chi connectivity index (χ1) is 24.4. The molecule has 1 N–H and O–H groups in total. The van der Waals surface area contributed by atoms with E-state index in [1.54, 1.807) is 26.2 Å². The van der Waals surface area contributed by atoms with Crippen molar-refractivity contribution in [3.63, 3.8) is 0 Å². The van der Waals surface area contributed by atoms with Gasteiger partial charge in [0.2, 0.25) is 11.8 Å². The van der Waals surface area contributed by atoms with E-state index in [-0.39, 0.29) is 78.4 Å². The Labute approximate surface area is 315 Å². The molecule has 0 spiro atoms. The molecule has 0 radical (unpaired) electrons. The van der Waals surface area contributed by atoms with Crippen molar-refractivity contribution >= 4 is 23.4 Å². The van der Waals surface area contributed by atoms with E-state index >= 15 is 0 Å². The highest BCUT2D eigenvalue weighted by Crippen LogP contribution is 2.32. The van der Waals surface area contributed by atoms with Crippen LogP contribution >= 0.6 is 0 Å². The molecule has 52 heavy (non-hydrogen) atoms. The summed E-state index contributed by atoms with van der Waals surface area (Å²) in [7, 11) is 8.76. The Bertz CT molecular complexity index is 1260. The number of likely N-dealkylation sites (N-methyl/N-ethyl adjacent to an activating group) is 2. The molecular formula is C42H71N3O7. The zero-order valence-electron chi connectivity index (χ0n) is 34.5. The summed E-state index contributed by atoms with van der Waals surface area (Å²) in [5.74, 6) is -1.35. The maximum Gasteiger partial charge on any atom is 0.226 e. The fourth-order valence-corrected chi connectivity index (χ4v) is 8.40. The monoisotopic (exact) mass is 730 g/mol. The SMILES string of the molecule is CC[C@H](C)[C@@H]([C@@H](CC(=O)N1CCC[C@H]1[C@H](OC)[C@@H](C)C(=O)C[C@H](C)[C@@H](O)c1ccccc1)OC)N(C)C(=O)[C@@H](CC(=O)C(C(C)C)N(C)C)C(C)C. The number of benzene rings is 1. The maximum absolute atomic E-state index is 14.3. The second kappa shape index (κ2) is 21.3. The zero-order chi connectivity index (χ0) is 39.4. The summed E-state index contributed by atoms with van der Waals surface area (Å²) >= 11 is 0. The van der Waals surface area contributed by atoms with Crippen molar-refractivity contribution in [2.45, 2.75) is 130 Å². The van der Waals surface area contributed by atoms with Gasteiger partial charge in [-0.1, -0.05) is 92.1 Å². The van der Waals surface area contributed by atoms with Crippen molar-refractivity contribution in [1.29, 1.82) is 0 Å². The number of carbonyl (C=O) groups is 4. The van der Waals surface area contributed by atoms with E-state index in [0.717, 1.165) is 18.4 Å². The van der Waals surface area contributed by atoms with Crippen LogP contribution in [0.2, 0.25) is 0 Å². The summed E-state index contributed by atoms with van der Waals surface area (Å²) in [6.45, 7) is 16.4. The van der Waals surface area contributed by atoms with Gasteiger partial charge in [0.25, 0.3) is 0 Å². The Kier molecular flexibility index (Phi) is 18.6. The first kappa shape index (κ1) is 45.5. The summed E-state index contributed by atoms with van der Waals surface area (Å²) in [4.78, 5) is 61.1. The van der Waals surface area contributed by atoms with Crippen molar-refractivity contribution in [2.75, 3.05) is 41.9 Å². The number of nitrogens with zero attached hydrogens (tertiary/aromatic N) is 3. The molecule has 0 aromatic heterocycles. The summed E-state index contributed by atoms with van der Waals surface area (Å²) in [6.07, 6.45) is 0.847. The summed E-state index contributed by atoms with van der Waals surface area (Å²) in [5, 5.41) is 10.9. The van der Waals surface area contributed by atoms with E-state index in [2.05, 4.69) is 13.8 Å². The van der Waals surface area contributed by atoms with Crippen molar-refractivity contribution in [2.24, 2.45) is 35.5 Å². The minimum Gasteiger partial charge on any atom is -0.388 e. The Hall–Kier alpha value is -2.66. The lowest BCUT2D eigenvalue weighted by atomic mass is 9.83. The highest BCUT2D eigenvalue weighted by atomic mass is 16.5. The van der Waals surface area contributed by atoms with Gasteiger partial charge in [-0.25, -0.2) is 0 Å². The number of amides is 2. The molecular weight excluding hydrogens is 658 g/mol. The standard InChI is InChI=1S/C42H71N3O7/c1-14-28(6)39(44(11)42(50)32(26(2)3)24-35(47)38(27(4)5)43(9)10)36(51-12)25-37(48)45-22-18-21-33(45)41(52-13)30(8)34(46)23-29(7)40(49)31-19-16-15-17-20-31/h15-17,19-20,26-30,32-33,36,38-41,49H,14,18,21-25H2,1-13H3/t28-,29-,30-,32-,33-,36+,38?,39-,40+,41+/m0/s1. The third kappa shape index (κ3) is 11.7. The molecule has 10 atom stereocenters. The van der Waals surface area contributed by atoms with Crippen molar-refractivity contribution in [3.05, 3.63) is 35.9 Å². The van der Waals surface area contributed by atoms with Gasteiger partial charge < -0.3 is 24.4 Å². The maximum atomic E-state index is 14.3. The minimum atomic E-state index is -0.761. The number of hydrogen-bond donors (Lipinski definition) is 1. The molecule has 1 aliphatic heterocycles. The molecule has 10 heteroatoms. The predicted molar refractivity (Wildman–Crippen MR) is 207 cm³/mol. The molecule has 2 rings (SSSR count). The van der Waals surface area contributed by atoms with Gasteiger partial charge in [0.15, 0.2) is 5.78 Å². The Balaban J connectivity index is 2.25. The van der Waals surface area contributed by atoms with Crippen molar-refractivity contribution in [3.8, 4) is 0 Å². The number of ketones is 2. The smallest absolute Gasteiger partial charge is 0.226 e. The van der Waals surface area contributed by atoms with Gasteiger partial charge in [0.05, 0.1) is 42.9 Å². The highest BCUT2D eigenvalue weighted by molar-refractivity contribution is 5.90. The number of aliphatic hydroxyl groups is 1. The van der Waals surface area contributed by atoms with Crippen LogP contribution in [0.4, 0.5) is 0 Å². The summed E-state index contributed by atoms with van der Waals surface area (Å²) < 4.78 is 12.0. The lowest BCUT2D eigenvalue weighted by Gasteiger charge is -2.41. The first-order valence-corrected chi connectivity index (χ1v) is 19.5. The number of hydrogen-bond acceptors (Lipinski definition) is 8. The molecule has 1 fully saturated rings. The molecule has 0 aliphatic carbocycles. The van der Waals surface area contributed by atoms with E-state index in [4.69, 9.17) is 9.47 Å². The molecule has 0 saturated carbocycles. The second-order valence-corrected chi connectivity index (χ2v) is 16.3. The molecule has 1 saturated heterocycles. The van der Waals surface area contributed by atoms with E-state index in [9.17, 15) is 24.3 Å². The van der Waals surface area contributed by atoms with Crippen LogP contribution in [-0.4, -0.2) is 115 Å². The Morgan fingerprint density at radius 2 is 1.46 bits per heavy atom. The Morgan fingerprint density at radius 1 is 0.846 bits per heavy atom. The molecule has 296 valence electrons. The quantitative estimate of drug-likeness (QED) is 0.153. The molecule has 1 heterocycles. The topological polar surface area (TPSA) is 117 Å². The molecule has 2 amide bonds. The third-order valence-corrected chi connectivity index (χ3v) is 11.6. The molecule has 0 bridgehead atoms. The van der Waals surface area contributed by atoms with E-state index in [1.807, 2.05) is 95.8 Å². The lowest BCUT2D eigenvalue weighted by Crippen LogP contribution is -2.54. The van der Waals surface area contributed by atoms with Crippen LogP contribution in [0.25, 0.3) is 0 Å². The summed E-state index contributed by atoms with van der Waals surface area (Å²) in [5.41, 5.74) is 0.777. The van der Waals surface area contributed by atoms with Crippen LogP contribution in [0.5, 0.6) is 0 Å². The van der Waals surface area contributed by atoms with Crippen LogP contribution in [-0.2, 0) is 28.7 Å². The van der Waals surface area contributed by atoms with Crippen molar-refractivity contribution < 1.29 is 33.8 Å². The summed E-state index contributed by atoms with van der Waals surface area (Å²) in [6, 6.07) is 8.40. The number of methoxy groups -OCH3 is 2. The average molecular weight is 730 g/mol. The molecule has 1 aliphatic rings. The number of aliphatic hydroxyl groups excluding tert-OH is 1. The minimum absolute atomic E-state index is 0.0103. The van der Waals surface area contributed by atoms with Gasteiger partial charge >= 0.3 is 0 Å². The van der Waals surface area contributed by atoms with Gasteiger partial charge in [0.1, 0.15) is 5.78 Å². The number of rotatable bonds is 22. The number of likely N-dealkylation sites (tertiary alicyclic amines) is 1. The van der Waals surface area contributed by atoms with Gasteiger partial charge in [-0.05, 0) is 56.2 Å². The number of carbonyl (C=O) groups excluding carboxylic acids is 4. The van der Waals surface area contributed by atoms with E-state index in [0.29, 0.717) is 13.0 Å².